The number of hydrogen-bond acceptors (Lipinski definition) is 5. The summed E-state index contributed by atoms with van der Waals surface area (Å²) in [6.07, 6.45) is 8.56. The molecule has 5 nitrogen and oxygen atoms in total. The first-order valence-electron chi connectivity index (χ1n) is 13.4. The van der Waals surface area contributed by atoms with Gasteiger partial charge in [0.1, 0.15) is 0 Å². The average Bonchev–Trinajstić information content (AvgIpc) is 3.33. The maximum atomic E-state index is 10.6. The summed E-state index contributed by atoms with van der Waals surface area (Å²) >= 11 is 0. The fraction of sp³-hybridized carbons (Fsp3) is 1.00. The highest BCUT2D eigenvalue weighted by Gasteiger charge is 2.70. The molecule has 2 heterocycles. The second kappa shape index (κ2) is 6.94. The molecule has 3 N–H and O–H groups in total. The van der Waals surface area contributed by atoms with Gasteiger partial charge in [-0.3, -0.25) is 0 Å². The average molecular weight is 449 g/mol. The quantitative estimate of drug-likeness (QED) is 0.567. The Morgan fingerprint density at radius 3 is 2.38 bits per heavy atom. The lowest BCUT2D eigenvalue weighted by molar-refractivity contribution is -0.262. The highest BCUT2D eigenvalue weighted by atomic mass is 16.7. The van der Waals surface area contributed by atoms with E-state index >= 15 is 0 Å². The molecule has 2 aliphatic heterocycles. The second-order valence-electron chi connectivity index (χ2n) is 13.5. The topological polar surface area (TPSA) is 79.2 Å². The van der Waals surface area contributed by atoms with E-state index in [0.717, 1.165) is 32.1 Å². The summed E-state index contributed by atoms with van der Waals surface area (Å²) in [5, 5.41) is 30.7. The van der Waals surface area contributed by atoms with E-state index in [1.165, 1.54) is 25.7 Å². The van der Waals surface area contributed by atoms with E-state index in [-0.39, 0.29) is 23.5 Å². The number of rotatable bonds is 1. The Bertz CT molecular complexity index is 773. The summed E-state index contributed by atoms with van der Waals surface area (Å²) in [4.78, 5) is 0. The predicted octanol–water partition coefficient (Wildman–Crippen LogP) is 3.88. The van der Waals surface area contributed by atoms with Gasteiger partial charge >= 0.3 is 0 Å². The van der Waals surface area contributed by atoms with Crippen molar-refractivity contribution in [3.05, 3.63) is 0 Å². The molecule has 0 unspecified atom stereocenters. The molecule has 32 heavy (non-hydrogen) atoms. The summed E-state index contributed by atoms with van der Waals surface area (Å²) in [5.74, 6) is 2.97. The third kappa shape index (κ3) is 2.75. The van der Waals surface area contributed by atoms with Gasteiger partial charge in [0.05, 0.1) is 30.5 Å². The Morgan fingerprint density at radius 2 is 1.66 bits per heavy atom. The van der Waals surface area contributed by atoms with Crippen LogP contribution in [0.25, 0.3) is 0 Å². The van der Waals surface area contributed by atoms with Crippen LogP contribution < -0.4 is 0 Å². The lowest BCUT2D eigenvalue weighted by Crippen LogP contribution is -2.57. The Hall–Kier alpha value is -0.200. The van der Waals surface area contributed by atoms with Gasteiger partial charge in [-0.25, -0.2) is 0 Å². The van der Waals surface area contributed by atoms with Crippen LogP contribution >= 0.6 is 0 Å². The van der Waals surface area contributed by atoms with Crippen molar-refractivity contribution in [3.8, 4) is 0 Å². The first-order valence-corrected chi connectivity index (χ1v) is 13.4. The molecular formula is C27H44O5. The molecule has 0 aromatic carbocycles. The lowest BCUT2D eigenvalue weighted by Gasteiger charge is -2.61. The normalized spacial score (nSPS) is 63.7. The van der Waals surface area contributed by atoms with Crippen LogP contribution in [0.3, 0.4) is 0 Å². The van der Waals surface area contributed by atoms with Crippen molar-refractivity contribution >= 4 is 0 Å². The summed E-state index contributed by atoms with van der Waals surface area (Å²) in [6.45, 7) is 9.41. The van der Waals surface area contributed by atoms with Crippen LogP contribution in [0.5, 0.6) is 0 Å². The van der Waals surface area contributed by atoms with Crippen molar-refractivity contribution in [2.75, 3.05) is 6.61 Å². The molecule has 0 aromatic heterocycles. The van der Waals surface area contributed by atoms with Crippen LogP contribution in [0.4, 0.5) is 0 Å². The SMILES string of the molecule is C[C@H]1[C@H]2[C@H](C[C@H]3[C@@H]4CC[C@H]5C[C@@H](O)[C@H](O)C[C@]5(C)[C@H]4CC[C@]23C)O[C@]12CC[C@@](C)(CO)O2. The third-order valence-electron chi connectivity index (χ3n) is 12.1. The number of aliphatic hydroxyl groups is 3. The third-order valence-corrected chi connectivity index (χ3v) is 12.1. The minimum Gasteiger partial charge on any atom is -0.393 e. The Balaban J connectivity index is 1.26. The smallest absolute Gasteiger partial charge is 0.172 e. The molecular weight excluding hydrogens is 404 g/mol. The van der Waals surface area contributed by atoms with Gasteiger partial charge in [-0.1, -0.05) is 20.8 Å². The molecule has 4 saturated carbocycles. The van der Waals surface area contributed by atoms with E-state index in [2.05, 4.69) is 20.8 Å². The maximum absolute atomic E-state index is 10.6. The van der Waals surface area contributed by atoms with Crippen molar-refractivity contribution in [2.45, 2.75) is 115 Å². The van der Waals surface area contributed by atoms with Crippen LogP contribution in [0, 0.1) is 46.3 Å². The fourth-order valence-corrected chi connectivity index (χ4v) is 10.4. The Labute approximate surface area is 193 Å². The van der Waals surface area contributed by atoms with Crippen LogP contribution in [0.15, 0.2) is 0 Å². The zero-order valence-electron chi connectivity index (χ0n) is 20.4. The van der Waals surface area contributed by atoms with E-state index in [0.29, 0.717) is 35.5 Å². The highest BCUT2D eigenvalue weighted by Crippen LogP contribution is 2.71. The zero-order valence-corrected chi connectivity index (χ0v) is 20.4. The van der Waals surface area contributed by atoms with Gasteiger partial charge in [0.15, 0.2) is 5.79 Å². The van der Waals surface area contributed by atoms with E-state index < -0.39 is 23.6 Å². The monoisotopic (exact) mass is 448 g/mol. The summed E-state index contributed by atoms with van der Waals surface area (Å²) < 4.78 is 13.3. The molecule has 0 bridgehead atoms. The molecule has 2 saturated heterocycles. The number of aliphatic hydroxyl groups excluding tert-OH is 3. The van der Waals surface area contributed by atoms with Crippen LogP contribution in [-0.2, 0) is 9.47 Å². The van der Waals surface area contributed by atoms with Gasteiger partial charge in [0.2, 0.25) is 0 Å². The molecule has 13 atom stereocenters. The van der Waals surface area contributed by atoms with Crippen LogP contribution in [0.2, 0.25) is 0 Å². The largest absolute Gasteiger partial charge is 0.393 e. The van der Waals surface area contributed by atoms with Gasteiger partial charge in [-0.05, 0) is 98.7 Å². The molecule has 0 aromatic rings. The van der Waals surface area contributed by atoms with E-state index in [4.69, 9.17) is 9.47 Å². The number of hydrogen-bond donors (Lipinski definition) is 3. The van der Waals surface area contributed by atoms with Crippen molar-refractivity contribution in [1.29, 1.82) is 0 Å². The van der Waals surface area contributed by atoms with Gasteiger partial charge < -0.3 is 24.8 Å². The molecule has 5 heteroatoms. The van der Waals surface area contributed by atoms with E-state index in [1.54, 1.807) is 0 Å². The van der Waals surface area contributed by atoms with E-state index in [9.17, 15) is 15.3 Å². The van der Waals surface area contributed by atoms with Crippen molar-refractivity contribution in [1.82, 2.24) is 0 Å². The van der Waals surface area contributed by atoms with Crippen LogP contribution in [0.1, 0.15) is 85.5 Å². The standard InChI is InChI=1S/C27H44O5/c1-15-23-22(31-27(15)10-9-24(2,14-28)32-27)12-19-17-6-5-16-11-20(29)21(30)13-26(16,4)18(17)7-8-25(19,23)3/h15-23,28-30H,5-14H2,1-4H3/t15-,16-,17+,18-,19-,20+,21+,22-,23-,24-,25-,26-,27-/m0/s1. The van der Waals surface area contributed by atoms with Gasteiger partial charge in [0, 0.05) is 12.3 Å². The summed E-state index contributed by atoms with van der Waals surface area (Å²) in [6, 6.07) is 0. The number of fused-ring (bicyclic) bond motifs is 7. The van der Waals surface area contributed by atoms with Gasteiger partial charge in [0.25, 0.3) is 0 Å². The maximum Gasteiger partial charge on any atom is 0.172 e. The Morgan fingerprint density at radius 1 is 0.875 bits per heavy atom. The molecule has 6 fully saturated rings. The molecule has 1 spiro atoms. The molecule has 0 amide bonds. The van der Waals surface area contributed by atoms with Crippen molar-refractivity contribution < 1.29 is 24.8 Å². The van der Waals surface area contributed by atoms with Gasteiger partial charge in [-0.15, -0.1) is 0 Å². The minimum absolute atomic E-state index is 0.0596. The highest BCUT2D eigenvalue weighted by molar-refractivity contribution is 5.16. The van der Waals surface area contributed by atoms with Crippen molar-refractivity contribution in [2.24, 2.45) is 46.3 Å². The zero-order chi connectivity index (χ0) is 22.7. The lowest BCUT2D eigenvalue weighted by atomic mass is 9.44. The fourth-order valence-electron chi connectivity index (χ4n) is 10.4. The molecule has 0 radical (unpaired) electrons. The minimum atomic E-state index is -0.560. The molecule has 6 aliphatic rings. The summed E-state index contributed by atoms with van der Waals surface area (Å²) in [5.41, 5.74) is -0.0255. The predicted molar refractivity (Wildman–Crippen MR) is 121 cm³/mol. The molecule has 6 rings (SSSR count). The number of ether oxygens (including phenoxy) is 2. The molecule has 4 aliphatic carbocycles. The first kappa shape index (κ1) is 22.3. The van der Waals surface area contributed by atoms with E-state index in [1.807, 2.05) is 6.92 Å². The van der Waals surface area contributed by atoms with Crippen molar-refractivity contribution in [3.63, 3.8) is 0 Å². The van der Waals surface area contributed by atoms with Crippen LogP contribution in [-0.4, -0.2) is 51.6 Å². The molecule has 182 valence electrons. The second-order valence-corrected chi connectivity index (χ2v) is 13.5. The Kier molecular flexibility index (Phi) is 4.83. The first-order chi connectivity index (χ1) is 15.1. The summed E-state index contributed by atoms with van der Waals surface area (Å²) in [7, 11) is 0. The van der Waals surface area contributed by atoms with Gasteiger partial charge in [-0.2, -0.15) is 0 Å².